The van der Waals surface area contributed by atoms with Gasteiger partial charge >= 0.3 is 0 Å². The Labute approximate surface area is 93.0 Å². The molecule has 0 heterocycles. The molecule has 0 amide bonds. The van der Waals surface area contributed by atoms with E-state index in [1.165, 1.54) is 12.2 Å². The van der Waals surface area contributed by atoms with Crippen molar-refractivity contribution in [3.63, 3.8) is 0 Å². The molecule has 0 saturated heterocycles. The second kappa shape index (κ2) is 2.51. The third-order valence-corrected chi connectivity index (χ3v) is 4.23. The van der Waals surface area contributed by atoms with Crippen LogP contribution in [0.2, 0.25) is 0 Å². The maximum Gasteiger partial charge on any atom is 0.183 e. The summed E-state index contributed by atoms with van der Waals surface area (Å²) in [5.41, 5.74) is 1.54. The van der Waals surface area contributed by atoms with Crippen LogP contribution in [0, 0.1) is 23.7 Å². The van der Waals surface area contributed by atoms with E-state index in [1.54, 1.807) is 0 Å². The minimum atomic E-state index is 0.0349. The Morgan fingerprint density at radius 3 is 1.50 bits per heavy atom. The molecule has 0 spiro atoms. The van der Waals surface area contributed by atoms with E-state index < -0.39 is 0 Å². The summed E-state index contributed by atoms with van der Waals surface area (Å²) < 4.78 is 0. The molecule has 0 aromatic carbocycles. The minimum absolute atomic E-state index is 0.0349. The van der Waals surface area contributed by atoms with Crippen LogP contribution in [0.25, 0.3) is 0 Å². The van der Waals surface area contributed by atoms with Crippen molar-refractivity contribution in [1.29, 1.82) is 0 Å². The van der Waals surface area contributed by atoms with Crippen LogP contribution in [0.1, 0.15) is 0 Å². The molecule has 5 aliphatic carbocycles. The fourth-order valence-corrected chi connectivity index (χ4v) is 3.44. The SMILES string of the molecule is O=C1C=CC(=O)C2=C1[C@H]1C=C[C@H]2[C@H]2C=C[C@@H]21. The van der Waals surface area contributed by atoms with Crippen molar-refractivity contribution in [2.75, 3.05) is 0 Å². The van der Waals surface area contributed by atoms with Crippen LogP contribution in [0.15, 0.2) is 47.6 Å². The highest BCUT2D eigenvalue weighted by molar-refractivity contribution is 6.21. The first-order valence-electron chi connectivity index (χ1n) is 5.65. The molecule has 2 bridgehead atoms. The Morgan fingerprint density at radius 1 is 0.688 bits per heavy atom. The number of hydrogen-bond acceptors (Lipinski definition) is 2. The molecule has 16 heavy (non-hydrogen) atoms. The summed E-state index contributed by atoms with van der Waals surface area (Å²) in [6, 6.07) is 0. The molecule has 0 unspecified atom stereocenters. The largest absolute Gasteiger partial charge is 0.290 e. The number of carbonyl (C=O) groups excluding carboxylic acids is 2. The van der Waals surface area contributed by atoms with E-state index in [0.29, 0.717) is 11.8 Å². The predicted octanol–water partition coefficient (Wildman–Crippen LogP) is 1.61. The average molecular weight is 210 g/mol. The Morgan fingerprint density at radius 2 is 1.12 bits per heavy atom. The van der Waals surface area contributed by atoms with Gasteiger partial charge in [0.2, 0.25) is 0 Å². The fraction of sp³-hybridized carbons (Fsp3) is 0.286. The monoisotopic (exact) mass is 210 g/mol. The van der Waals surface area contributed by atoms with Crippen molar-refractivity contribution >= 4 is 11.6 Å². The van der Waals surface area contributed by atoms with Crippen molar-refractivity contribution in [2.45, 2.75) is 0 Å². The molecule has 0 aliphatic heterocycles. The van der Waals surface area contributed by atoms with E-state index in [4.69, 9.17) is 0 Å². The summed E-state index contributed by atoms with van der Waals surface area (Å²) in [6.07, 6.45) is 11.4. The van der Waals surface area contributed by atoms with E-state index >= 15 is 0 Å². The van der Waals surface area contributed by atoms with E-state index in [1.807, 2.05) is 0 Å². The van der Waals surface area contributed by atoms with Crippen LogP contribution >= 0.6 is 0 Å². The smallest absolute Gasteiger partial charge is 0.183 e. The summed E-state index contributed by atoms with van der Waals surface area (Å²) in [5.74, 6) is 1.28. The van der Waals surface area contributed by atoms with Gasteiger partial charge in [0.05, 0.1) is 0 Å². The van der Waals surface area contributed by atoms with Crippen molar-refractivity contribution < 1.29 is 9.59 Å². The zero-order chi connectivity index (χ0) is 10.9. The molecule has 5 aliphatic rings. The number of hydrogen-bond donors (Lipinski definition) is 0. The van der Waals surface area contributed by atoms with Crippen molar-refractivity contribution in [1.82, 2.24) is 0 Å². The van der Waals surface area contributed by atoms with Crippen molar-refractivity contribution in [3.8, 4) is 0 Å². The van der Waals surface area contributed by atoms with Gasteiger partial charge in [-0.3, -0.25) is 9.59 Å². The third kappa shape index (κ3) is 0.765. The number of ketones is 2. The van der Waals surface area contributed by atoms with E-state index in [0.717, 1.165) is 11.1 Å². The number of rotatable bonds is 0. The van der Waals surface area contributed by atoms with Crippen LogP contribution < -0.4 is 0 Å². The molecular formula is C14H10O2. The first kappa shape index (κ1) is 8.45. The third-order valence-electron chi connectivity index (χ3n) is 4.23. The number of carbonyl (C=O) groups is 2. The van der Waals surface area contributed by atoms with Gasteiger partial charge in [0.25, 0.3) is 0 Å². The van der Waals surface area contributed by atoms with Gasteiger partial charge in [-0.05, 0) is 24.0 Å². The van der Waals surface area contributed by atoms with Gasteiger partial charge in [-0.15, -0.1) is 0 Å². The molecule has 2 heteroatoms. The molecule has 0 aromatic rings. The molecule has 4 atom stereocenters. The lowest BCUT2D eigenvalue weighted by molar-refractivity contribution is -0.116. The fourth-order valence-electron chi connectivity index (χ4n) is 3.44. The molecule has 0 N–H and O–H groups in total. The summed E-state index contributed by atoms with van der Waals surface area (Å²) in [4.78, 5) is 23.8. The second-order valence-corrected chi connectivity index (χ2v) is 4.87. The lowest BCUT2D eigenvalue weighted by atomic mass is 9.54. The molecule has 0 fully saturated rings. The molecule has 0 radical (unpaired) electrons. The molecule has 5 rings (SSSR count). The highest BCUT2D eigenvalue weighted by Gasteiger charge is 2.50. The first-order valence-corrected chi connectivity index (χ1v) is 5.65. The van der Waals surface area contributed by atoms with Crippen molar-refractivity contribution in [3.05, 3.63) is 47.6 Å². The second-order valence-electron chi connectivity index (χ2n) is 4.87. The Hall–Kier alpha value is -1.70. The maximum atomic E-state index is 11.9. The highest BCUT2D eigenvalue weighted by Crippen LogP contribution is 2.54. The van der Waals surface area contributed by atoms with Crippen LogP contribution in [0.5, 0.6) is 0 Å². The van der Waals surface area contributed by atoms with Gasteiger partial charge in [-0.2, -0.15) is 0 Å². The van der Waals surface area contributed by atoms with Gasteiger partial charge in [0, 0.05) is 23.0 Å². The standard InChI is InChI=1S/C14H10O2/c15-11-5-6-12(16)14-10-4-3-9(13(11)14)7-1-2-8(7)10/h1-10H/t7-,8-,9-,10-/m0/s1. The lowest BCUT2D eigenvalue weighted by Gasteiger charge is -2.49. The predicted molar refractivity (Wildman–Crippen MR) is 58.4 cm³/mol. The van der Waals surface area contributed by atoms with Crippen LogP contribution in [0.4, 0.5) is 0 Å². The van der Waals surface area contributed by atoms with E-state index in [9.17, 15) is 9.59 Å². The van der Waals surface area contributed by atoms with Gasteiger partial charge in [-0.25, -0.2) is 0 Å². The number of allylic oxidation sites excluding steroid dienone is 8. The molecular weight excluding hydrogens is 200 g/mol. The summed E-state index contributed by atoms with van der Waals surface area (Å²) >= 11 is 0. The van der Waals surface area contributed by atoms with Gasteiger partial charge < -0.3 is 0 Å². The minimum Gasteiger partial charge on any atom is -0.290 e. The van der Waals surface area contributed by atoms with E-state index in [-0.39, 0.29) is 23.4 Å². The molecule has 2 nitrogen and oxygen atoms in total. The quantitative estimate of drug-likeness (QED) is 0.449. The molecule has 0 aromatic heterocycles. The Kier molecular flexibility index (Phi) is 1.33. The zero-order valence-electron chi connectivity index (χ0n) is 8.59. The average Bonchev–Trinajstić information content (AvgIpc) is 2.23. The van der Waals surface area contributed by atoms with E-state index in [2.05, 4.69) is 24.3 Å². The van der Waals surface area contributed by atoms with Crippen LogP contribution in [-0.2, 0) is 9.59 Å². The Balaban J connectivity index is 1.95. The summed E-state index contributed by atoms with van der Waals surface area (Å²) in [7, 11) is 0. The summed E-state index contributed by atoms with van der Waals surface area (Å²) in [6.45, 7) is 0. The molecule has 0 saturated carbocycles. The Bertz CT molecular complexity index is 499. The summed E-state index contributed by atoms with van der Waals surface area (Å²) in [5, 5.41) is 0. The highest BCUT2D eigenvalue weighted by atomic mass is 16.1. The zero-order valence-corrected chi connectivity index (χ0v) is 8.59. The van der Waals surface area contributed by atoms with Gasteiger partial charge in [0.15, 0.2) is 11.6 Å². The first-order chi connectivity index (χ1) is 7.77. The van der Waals surface area contributed by atoms with Crippen LogP contribution in [-0.4, -0.2) is 11.6 Å². The van der Waals surface area contributed by atoms with Gasteiger partial charge in [0.1, 0.15) is 0 Å². The lowest BCUT2D eigenvalue weighted by Crippen LogP contribution is -2.45. The molecule has 78 valence electrons. The van der Waals surface area contributed by atoms with Crippen LogP contribution in [0.3, 0.4) is 0 Å². The van der Waals surface area contributed by atoms with Crippen molar-refractivity contribution in [2.24, 2.45) is 23.7 Å². The topological polar surface area (TPSA) is 34.1 Å². The normalized spacial score (nSPS) is 42.2. The maximum absolute atomic E-state index is 11.9. The van der Waals surface area contributed by atoms with Gasteiger partial charge in [-0.1, -0.05) is 24.3 Å².